The largest absolute Gasteiger partial charge is 0.490 e. The van der Waals surface area contributed by atoms with Gasteiger partial charge in [0.05, 0.1) is 6.61 Å². The molecule has 0 N–H and O–H groups in total. The summed E-state index contributed by atoms with van der Waals surface area (Å²) in [7, 11) is 0. The van der Waals surface area contributed by atoms with Gasteiger partial charge < -0.3 is 9.47 Å². The third kappa shape index (κ3) is 4.43. The van der Waals surface area contributed by atoms with E-state index in [0.29, 0.717) is 18.4 Å². The monoisotopic (exact) mass is 242 g/mol. The molecular weight excluding hydrogens is 226 g/mol. The number of hydrogen-bond donors (Lipinski definition) is 0. The molecule has 0 radical (unpaired) electrons. The lowest BCUT2D eigenvalue weighted by atomic mass is 10.3. The number of ether oxygens (including phenoxy) is 2. The summed E-state index contributed by atoms with van der Waals surface area (Å²) < 4.78 is 35.9. The molecule has 0 aromatic heterocycles. The Bertz CT molecular complexity index is 364. The molecule has 17 heavy (non-hydrogen) atoms. The predicted molar refractivity (Wildman–Crippen MR) is 62.6 cm³/mol. The summed E-state index contributed by atoms with van der Waals surface area (Å²) >= 11 is 0. The third-order valence-electron chi connectivity index (χ3n) is 2.09. The molecule has 4 heteroatoms. The normalized spacial score (nSPS) is 11.0. The van der Waals surface area contributed by atoms with Gasteiger partial charge in [0, 0.05) is 6.08 Å². The summed E-state index contributed by atoms with van der Waals surface area (Å²) in [6.07, 6.45) is -1.09. The van der Waals surface area contributed by atoms with Gasteiger partial charge in [-0.05, 0) is 18.6 Å². The van der Waals surface area contributed by atoms with Crippen LogP contribution in [-0.4, -0.2) is 12.7 Å². The Morgan fingerprint density at radius 3 is 2.53 bits per heavy atom. The van der Waals surface area contributed by atoms with Crippen LogP contribution in [0.2, 0.25) is 0 Å². The number of halogens is 2. The van der Waals surface area contributed by atoms with Crippen molar-refractivity contribution in [2.75, 3.05) is 6.61 Å². The van der Waals surface area contributed by atoms with Crippen molar-refractivity contribution in [2.45, 2.75) is 25.9 Å². The highest BCUT2D eigenvalue weighted by Crippen LogP contribution is 2.31. The number of alkyl halides is 2. The van der Waals surface area contributed by atoms with Crippen LogP contribution in [0.1, 0.15) is 19.8 Å². The Labute approximate surface area is 99.9 Å². The molecule has 0 bridgehead atoms. The van der Waals surface area contributed by atoms with E-state index in [0.717, 1.165) is 12.8 Å². The van der Waals surface area contributed by atoms with Crippen molar-refractivity contribution >= 4 is 0 Å². The van der Waals surface area contributed by atoms with Crippen LogP contribution >= 0.6 is 0 Å². The maximum Gasteiger partial charge on any atom is 0.419 e. The summed E-state index contributed by atoms with van der Waals surface area (Å²) in [5, 5.41) is 0. The zero-order valence-corrected chi connectivity index (χ0v) is 9.79. The van der Waals surface area contributed by atoms with E-state index in [1.807, 2.05) is 6.92 Å². The summed E-state index contributed by atoms with van der Waals surface area (Å²) in [4.78, 5) is 0. The first-order valence-electron chi connectivity index (χ1n) is 5.51. The van der Waals surface area contributed by atoms with Gasteiger partial charge in [0.15, 0.2) is 11.5 Å². The zero-order chi connectivity index (χ0) is 12.7. The molecule has 94 valence electrons. The Kier molecular flexibility index (Phi) is 4.94. The minimum atomic E-state index is -3.38. The lowest BCUT2D eigenvalue weighted by molar-refractivity contribution is -0.132. The lowest BCUT2D eigenvalue weighted by Crippen LogP contribution is -2.21. The van der Waals surface area contributed by atoms with Crippen LogP contribution in [-0.2, 0) is 0 Å². The van der Waals surface area contributed by atoms with Gasteiger partial charge in [-0.15, -0.1) is 0 Å². The van der Waals surface area contributed by atoms with Gasteiger partial charge in [-0.1, -0.05) is 32.1 Å². The molecule has 0 spiro atoms. The molecule has 0 saturated carbocycles. The Balaban J connectivity index is 2.73. The van der Waals surface area contributed by atoms with Crippen molar-refractivity contribution in [2.24, 2.45) is 0 Å². The number of benzene rings is 1. The van der Waals surface area contributed by atoms with Crippen LogP contribution in [0.25, 0.3) is 0 Å². The van der Waals surface area contributed by atoms with Crippen molar-refractivity contribution in [1.29, 1.82) is 0 Å². The highest BCUT2D eigenvalue weighted by Gasteiger charge is 2.27. The van der Waals surface area contributed by atoms with Gasteiger partial charge in [0.25, 0.3) is 0 Å². The van der Waals surface area contributed by atoms with Crippen LogP contribution in [0.4, 0.5) is 8.78 Å². The van der Waals surface area contributed by atoms with Gasteiger partial charge in [0.1, 0.15) is 0 Å². The quantitative estimate of drug-likeness (QED) is 0.531. The third-order valence-corrected chi connectivity index (χ3v) is 2.09. The lowest BCUT2D eigenvalue weighted by Gasteiger charge is -2.16. The first-order chi connectivity index (χ1) is 8.09. The van der Waals surface area contributed by atoms with Crippen molar-refractivity contribution in [3.05, 3.63) is 36.9 Å². The van der Waals surface area contributed by atoms with Gasteiger partial charge in [-0.25, -0.2) is 0 Å². The molecule has 1 rings (SSSR count). The van der Waals surface area contributed by atoms with E-state index in [9.17, 15) is 8.78 Å². The van der Waals surface area contributed by atoms with Gasteiger partial charge in [-0.3, -0.25) is 0 Å². The van der Waals surface area contributed by atoms with Crippen LogP contribution in [0.5, 0.6) is 11.5 Å². The number of hydrogen-bond acceptors (Lipinski definition) is 2. The van der Waals surface area contributed by atoms with Crippen molar-refractivity contribution in [3.63, 3.8) is 0 Å². The second-order valence-corrected chi connectivity index (χ2v) is 3.52. The fourth-order valence-corrected chi connectivity index (χ4v) is 1.17. The van der Waals surface area contributed by atoms with E-state index >= 15 is 0 Å². The molecule has 0 atom stereocenters. The predicted octanol–water partition coefficient (Wildman–Crippen LogP) is 4.02. The number of rotatable bonds is 7. The molecule has 0 unspecified atom stereocenters. The molecule has 2 nitrogen and oxygen atoms in total. The number of para-hydroxylation sites is 2. The molecule has 0 heterocycles. The molecule has 0 fully saturated rings. The Hall–Kier alpha value is -1.58. The minimum Gasteiger partial charge on any atom is -0.490 e. The first kappa shape index (κ1) is 13.5. The maximum absolute atomic E-state index is 13.0. The minimum absolute atomic E-state index is 0.0218. The van der Waals surface area contributed by atoms with Crippen LogP contribution in [0, 0.1) is 0 Å². The molecule has 0 aliphatic heterocycles. The SMILES string of the molecule is C=CC(F)(F)Oc1ccccc1OCCCC. The standard InChI is InChI=1S/C13H16F2O2/c1-3-5-10-16-11-8-6-7-9-12(11)17-13(14,15)4-2/h4,6-9H,2-3,5,10H2,1H3. The average molecular weight is 242 g/mol. The van der Waals surface area contributed by atoms with Crippen molar-refractivity contribution < 1.29 is 18.3 Å². The topological polar surface area (TPSA) is 18.5 Å². The summed E-state index contributed by atoms with van der Waals surface area (Å²) in [5.74, 6) is 0.343. The van der Waals surface area contributed by atoms with Crippen LogP contribution in [0.15, 0.2) is 36.9 Å². The molecule has 0 amide bonds. The molecule has 1 aromatic rings. The highest BCUT2D eigenvalue weighted by molar-refractivity contribution is 5.39. The molecule has 0 saturated heterocycles. The highest BCUT2D eigenvalue weighted by atomic mass is 19.3. The van der Waals surface area contributed by atoms with Gasteiger partial charge in [-0.2, -0.15) is 8.78 Å². The Morgan fingerprint density at radius 1 is 1.29 bits per heavy atom. The summed E-state index contributed by atoms with van der Waals surface area (Å²) in [5.41, 5.74) is 0. The van der Waals surface area contributed by atoms with Crippen LogP contribution in [0.3, 0.4) is 0 Å². The van der Waals surface area contributed by atoms with Crippen molar-refractivity contribution in [3.8, 4) is 11.5 Å². The van der Waals surface area contributed by atoms with E-state index in [1.165, 1.54) is 6.07 Å². The van der Waals surface area contributed by atoms with Gasteiger partial charge in [0.2, 0.25) is 0 Å². The smallest absolute Gasteiger partial charge is 0.419 e. The van der Waals surface area contributed by atoms with Crippen LogP contribution < -0.4 is 9.47 Å². The van der Waals surface area contributed by atoms with E-state index in [4.69, 9.17) is 4.74 Å². The second kappa shape index (κ2) is 6.23. The molecule has 1 aromatic carbocycles. The maximum atomic E-state index is 13.0. The first-order valence-corrected chi connectivity index (χ1v) is 5.51. The molecular formula is C13H16F2O2. The van der Waals surface area contributed by atoms with E-state index in [1.54, 1.807) is 18.2 Å². The van der Waals surface area contributed by atoms with Crippen molar-refractivity contribution in [1.82, 2.24) is 0 Å². The zero-order valence-electron chi connectivity index (χ0n) is 9.79. The summed E-state index contributed by atoms with van der Waals surface area (Å²) in [6.45, 7) is 5.53. The van der Waals surface area contributed by atoms with E-state index < -0.39 is 6.11 Å². The molecule has 0 aliphatic carbocycles. The van der Waals surface area contributed by atoms with E-state index in [2.05, 4.69) is 11.3 Å². The fourth-order valence-electron chi connectivity index (χ4n) is 1.17. The summed E-state index contributed by atoms with van der Waals surface area (Å²) in [6, 6.07) is 6.37. The Morgan fingerprint density at radius 2 is 1.94 bits per heavy atom. The number of unbranched alkanes of at least 4 members (excludes halogenated alkanes) is 1. The van der Waals surface area contributed by atoms with Gasteiger partial charge >= 0.3 is 6.11 Å². The second-order valence-electron chi connectivity index (χ2n) is 3.52. The average Bonchev–Trinajstić information content (AvgIpc) is 2.31. The molecule has 0 aliphatic rings. The van der Waals surface area contributed by atoms with E-state index in [-0.39, 0.29) is 5.75 Å². The fraction of sp³-hybridized carbons (Fsp3) is 0.385.